The van der Waals surface area contributed by atoms with E-state index >= 15 is 0 Å². The highest BCUT2D eigenvalue weighted by Crippen LogP contribution is 2.20. The maximum absolute atomic E-state index is 13.4. The molecule has 0 saturated heterocycles. The third-order valence-electron chi connectivity index (χ3n) is 4.87. The van der Waals surface area contributed by atoms with Crippen molar-refractivity contribution in [2.75, 3.05) is 19.3 Å². The Morgan fingerprint density at radius 1 is 1.13 bits per heavy atom. The second-order valence-corrected chi connectivity index (χ2v) is 9.27. The number of sulfone groups is 1. The molecule has 158 valence electrons. The molecule has 1 aromatic heterocycles. The zero-order chi connectivity index (χ0) is 21.7. The average molecular weight is 430 g/mol. The number of carbonyl (C=O) groups is 1. The fraction of sp³-hybridized carbons (Fsp3) is 0.273. The highest BCUT2D eigenvalue weighted by Gasteiger charge is 2.22. The Bertz CT molecular complexity index is 1140. The number of nitrogens with zero attached hydrogens (tertiary/aromatic N) is 2. The highest BCUT2D eigenvalue weighted by atomic mass is 32.2. The topological polar surface area (TPSA) is 83.1 Å². The molecule has 1 N–H and O–H groups in total. The molecule has 0 unspecified atom stereocenters. The monoisotopic (exact) mass is 429 g/mol. The third kappa shape index (κ3) is 4.94. The maximum atomic E-state index is 13.4. The van der Waals surface area contributed by atoms with Crippen LogP contribution in [0.3, 0.4) is 0 Å². The summed E-state index contributed by atoms with van der Waals surface area (Å²) >= 11 is 0. The molecule has 1 amide bonds. The molecule has 3 aromatic rings. The smallest absolute Gasteiger partial charge is 0.254 e. The summed E-state index contributed by atoms with van der Waals surface area (Å²) in [5, 5.41) is 7.16. The van der Waals surface area contributed by atoms with Gasteiger partial charge in [0.05, 0.1) is 21.9 Å². The fourth-order valence-corrected chi connectivity index (χ4v) is 4.26. The third-order valence-corrected chi connectivity index (χ3v) is 6.66. The molecule has 0 aliphatic rings. The molecule has 0 atom stereocenters. The number of nitrogens with one attached hydrogen (secondary N) is 1. The Kier molecular flexibility index (Phi) is 6.66. The minimum Gasteiger partial charge on any atom is -0.342 e. The van der Waals surface area contributed by atoms with Crippen LogP contribution < -0.4 is 0 Å². The molecule has 8 heteroatoms. The largest absolute Gasteiger partial charge is 0.342 e. The summed E-state index contributed by atoms with van der Waals surface area (Å²) in [6, 6.07) is 14.4. The SMILES string of the molecule is CCS(=O)(=O)c1ccccc1C(=O)N(C)CCCc1cc(-c2cccc(F)c2)n[nH]1. The van der Waals surface area contributed by atoms with Crippen molar-refractivity contribution in [1.29, 1.82) is 0 Å². The molecule has 1 heterocycles. The van der Waals surface area contributed by atoms with Crippen LogP contribution in [0.4, 0.5) is 4.39 Å². The second-order valence-electron chi connectivity index (χ2n) is 7.02. The molecule has 0 aliphatic heterocycles. The number of carbonyl (C=O) groups excluding carboxylic acids is 1. The lowest BCUT2D eigenvalue weighted by Crippen LogP contribution is -2.29. The van der Waals surface area contributed by atoms with E-state index in [1.807, 2.05) is 6.07 Å². The highest BCUT2D eigenvalue weighted by molar-refractivity contribution is 7.91. The minimum atomic E-state index is -3.49. The number of hydrogen-bond donors (Lipinski definition) is 1. The number of hydrogen-bond acceptors (Lipinski definition) is 4. The van der Waals surface area contributed by atoms with Crippen LogP contribution in [0.1, 0.15) is 29.4 Å². The Morgan fingerprint density at radius 3 is 2.63 bits per heavy atom. The van der Waals surface area contributed by atoms with Gasteiger partial charge in [0.25, 0.3) is 5.91 Å². The van der Waals surface area contributed by atoms with Crippen molar-refractivity contribution in [1.82, 2.24) is 15.1 Å². The molecule has 0 radical (unpaired) electrons. The van der Waals surface area contributed by atoms with Gasteiger partial charge in [-0.2, -0.15) is 5.10 Å². The van der Waals surface area contributed by atoms with Crippen molar-refractivity contribution in [3.05, 3.63) is 71.7 Å². The van der Waals surface area contributed by atoms with Crippen molar-refractivity contribution < 1.29 is 17.6 Å². The van der Waals surface area contributed by atoms with E-state index in [2.05, 4.69) is 10.2 Å². The molecule has 0 fully saturated rings. The van der Waals surface area contributed by atoms with Gasteiger partial charge in [0.1, 0.15) is 5.82 Å². The van der Waals surface area contributed by atoms with Gasteiger partial charge < -0.3 is 4.90 Å². The molecule has 30 heavy (non-hydrogen) atoms. The van der Waals surface area contributed by atoms with E-state index in [0.717, 1.165) is 5.69 Å². The Hall–Kier alpha value is -3.00. The van der Waals surface area contributed by atoms with Crippen molar-refractivity contribution in [2.45, 2.75) is 24.7 Å². The van der Waals surface area contributed by atoms with Gasteiger partial charge >= 0.3 is 0 Å². The summed E-state index contributed by atoms with van der Waals surface area (Å²) in [5.74, 6) is -0.704. The lowest BCUT2D eigenvalue weighted by atomic mass is 10.1. The normalized spacial score (nSPS) is 11.4. The van der Waals surface area contributed by atoms with Crippen molar-refractivity contribution in [2.24, 2.45) is 0 Å². The van der Waals surface area contributed by atoms with E-state index in [0.29, 0.717) is 30.6 Å². The van der Waals surface area contributed by atoms with Gasteiger partial charge in [-0.25, -0.2) is 12.8 Å². The first kappa shape index (κ1) is 21.7. The Morgan fingerprint density at radius 2 is 1.90 bits per heavy atom. The molecule has 0 bridgehead atoms. The van der Waals surface area contributed by atoms with Crippen LogP contribution in [0.15, 0.2) is 59.5 Å². The number of H-pyrrole nitrogens is 1. The first-order chi connectivity index (χ1) is 14.3. The number of benzene rings is 2. The standard InChI is InChI=1S/C22H24FN3O3S/c1-3-30(28,29)21-12-5-4-11-19(21)22(27)26(2)13-7-10-18-15-20(25-24-18)16-8-6-9-17(23)14-16/h4-6,8-9,11-12,14-15H,3,7,10,13H2,1-2H3,(H,24,25). The van der Waals surface area contributed by atoms with Crippen molar-refractivity contribution in [3.8, 4) is 11.3 Å². The second kappa shape index (κ2) is 9.21. The van der Waals surface area contributed by atoms with Crippen molar-refractivity contribution in [3.63, 3.8) is 0 Å². The van der Waals surface area contributed by atoms with Gasteiger partial charge in [-0.15, -0.1) is 0 Å². The predicted molar refractivity (Wildman–Crippen MR) is 113 cm³/mol. The van der Waals surface area contributed by atoms with E-state index in [-0.39, 0.29) is 27.9 Å². The zero-order valence-electron chi connectivity index (χ0n) is 16.9. The number of rotatable bonds is 8. The zero-order valence-corrected chi connectivity index (χ0v) is 17.7. The summed E-state index contributed by atoms with van der Waals surface area (Å²) in [5.41, 5.74) is 2.42. The van der Waals surface area contributed by atoms with Gasteiger partial charge in [0, 0.05) is 24.8 Å². The quantitative estimate of drug-likeness (QED) is 0.592. The van der Waals surface area contributed by atoms with Crippen LogP contribution in [0.2, 0.25) is 0 Å². The number of aromatic amines is 1. The molecule has 0 spiro atoms. The minimum absolute atomic E-state index is 0.0610. The summed E-state index contributed by atoms with van der Waals surface area (Å²) in [6.07, 6.45) is 1.31. The van der Waals surface area contributed by atoms with Gasteiger partial charge in [-0.3, -0.25) is 9.89 Å². The van der Waals surface area contributed by atoms with E-state index in [1.165, 1.54) is 23.1 Å². The van der Waals surface area contributed by atoms with Crippen LogP contribution >= 0.6 is 0 Å². The van der Waals surface area contributed by atoms with Gasteiger partial charge in [0.15, 0.2) is 9.84 Å². The maximum Gasteiger partial charge on any atom is 0.254 e. The number of aromatic nitrogens is 2. The predicted octanol–water partition coefficient (Wildman–Crippen LogP) is 3.71. The van der Waals surface area contributed by atoms with Crippen LogP contribution in [0.25, 0.3) is 11.3 Å². The molecule has 3 rings (SSSR count). The first-order valence-electron chi connectivity index (χ1n) is 9.69. The van der Waals surface area contributed by atoms with Gasteiger partial charge in [0.2, 0.25) is 0 Å². The molecule has 2 aromatic carbocycles. The van der Waals surface area contributed by atoms with Gasteiger partial charge in [-0.1, -0.05) is 31.2 Å². The average Bonchev–Trinajstić information content (AvgIpc) is 3.22. The van der Waals surface area contributed by atoms with E-state index in [1.54, 1.807) is 44.3 Å². The fourth-order valence-electron chi connectivity index (χ4n) is 3.17. The first-order valence-corrected chi connectivity index (χ1v) is 11.3. The number of halogens is 1. The van der Waals surface area contributed by atoms with Crippen molar-refractivity contribution >= 4 is 15.7 Å². The summed E-state index contributed by atoms with van der Waals surface area (Å²) in [4.78, 5) is 14.4. The molecule has 6 nitrogen and oxygen atoms in total. The molecular formula is C22H24FN3O3S. The van der Waals surface area contributed by atoms with Crippen LogP contribution in [0.5, 0.6) is 0 Å². The van der Waals surface area contributed by atoms with Gasteiger partial charge in [-0.05, 0) is 43.2 Å². The molecular weight excluding hydrogens is 405 g/mol. The van der Waals surface area contributed by atoms with E-state index < -0.39 is 9.84 Å². The Balaban J connectivity index is 1.62. The van der Waals surface area contributed by atoms with E-state index in [4.69, 9.17) is 0 Å². The molecule has 0 aliphatic carbocycles. The number of amides is 1. The lowest BCUT2D eigenvalue weighted by molar-refractivity contribution is 0.0789. The van der Waals surface area contributed by atoms with E-state index in [9.17, 15) is 17.6 Å². The van der Waals surface area contributed by atoms with Crippen LogP contribution in [-0.2, 0) is 16.3 Å². The lowest BCUT2D eigenvalue weighted by Gasteiger charge is -2.18. The van der Waals surface area contributed by atoms with Crippen LogP contribution in [-0.4, -0.2) is 48.8 Å². The summed E-state index contributed by atoms with van der Waals surface area (Å²) in [6.45, 7) is 2.01. The Labute approximate surface area is 175 Å². The number of aryl methyl sites for hydroxylation is 1. The summed E-state index contributed by atoms with van der Waals surface area (Å²) < 4.78 is 37.9. The summed E-state index contributed by atoms with van der Waals surface area (Å²) in [7, 11) is -1.83. The van der Waals surface area contributed by atoms with Crippen LogP contribution in [0, 0.1) is 5.82 Å². The molecule has 0 saturated carbocycles.